The number of carbonyl (C=O) groups excluding carboxylic acids is 1. The van der Waals surface area contributed by atoms with Gasteiger partial charge in [0, 0.05) is 11.6 Å². The van der Waals surface area contributed by atoms with Crippen molar-refractivity contribution < 1.29 is 14.6 Å². The molecule has 0 amide bonds. The molecule has 0 aliphatic rings. The summed E-state index contributed by atoms with van der Waals surface area (Å²) in [7, 11) is 1.27. The number of methoxy groups -OCH3 is 1. The maximum atomic E-state index is 10.9. The Labute approximate surface area is 122 Å². The van der Waals surface area contributed by atoms with Crippen LogP contribution in [0.2, 0.25) is 0 Å². The van der Waals surface area contributed by atoms with Crippen molar-refractivity contribution in [2.45, 2.75) is 0 Å². The molecule has 0 saturated carbocycles. The van der Waals surface area contributed by atoms with E-state index in [9.17, 15) is 4.79 Å². The van der Waals surface area contributed by atoms with E-state index < -0.39 is 5.97 Å². The number of fused-ring (bicyclic) bond motifs is 1. The van der Waals surface area contributed by atoms with Crippen molar-refractivity contribution in [3.05, 3.63) is 72.4 Å². The van der Waals surface area contributed by atoms with Gasteiger partial charge >= 0.3 is 5.97 Å². The van der Waals surface area contributed by atoms with Crippen molar-refractivity contribution in [1.29, 1.82) is 0 Å². The molecule has 0 bridgehead atoms. The van der Waals surface area contributed by atoms with E-state index in [1.54, 1.807) is 12.1 Å². The van der Waals surface area contributed by atoms with E-state index in [4.69, 9.17) is 5.11 Å². The minimum atomic E-state index is -0.525. The van der Waals surface area contributed by atoms with Crippen LogP contribution in [0.1, 0.15) is 10.4 Å². The van der Waals surface area contributed by atoms with Crippen molar-refractivity contribution in [2.24, 2.45) is 0 Å². The molecular formula is C17H15NO3. The fourth-order valence-corrected chi connectivity index (χ4v) is 1.77. The highest BCUT2D eigenvalue weighted by atomic mass is 16.5. The largest absolute Gasteiger partial charge is 0.507 e. The van der Waals surface area contributed by atoms with Crippen molar-refractivity contribution in [3.8, 4) is 5.75 Å². The number of phenols is 1. The third-order valence-electron chi connectivity index (χ3n) is 2.82. The lowest BCUT2D eigenvalue weighted by molar-refractivity contribution is 0.0597. The van der Waals surface area contributed by atoms with Crippen LogP contribution < -0.4 is 0 Å². The summed E-state index contributed by atoms with van der Waals surface area (Å²) in [4.78, 5) is 15.0. The van der Waals surface area contributed by atoms with Gasteiger partial charge in [-0.2, -0.15) is 0 Å². The zero-order chi connectivity index (χ0) is 15.1. The van der Waals surface area contributed by atoms with Crippen LogP contribution in [0, 0.1) is 0 Å². The van der Waals surface area contributed by atoms with Crippen LogP contribution in [0.3, 0.4) is 0 Å². The first-order valence-electron chi connectivity index (χ1n) is 6.38. The molecule has 3 rings (SSSR count). The van der Waals surface area contributed by atoms with E-state index in [0.717, 1.165) is 5.52 Å². The van der Waals surface area contributed by atoms with Gasteiger partial charge in [0.2, 0.25) is 0 Å². The summed E-state index contributed by atoms with van der Waals surface area (Å²) in [5.41, 5.74) is 1.25. The van der Waals surface area contributed by atoms with Crippen LogP contribution >= 0.6 is 0 Å². The number of para-hydroxylation sites is 2. The van der Waals surface area contributed by atoms with Gasteiger partial charge in [0.25, 0.3) is 0 Å². The molecule has 0 aliphatic heterocycles. The van der Waals surface area contributed by atoms with Gasteiger partial charge < -0.3 is 9.84 Å². The predicted molar refractivity (Wildman–Crippen MR) is 81.2 cm³/mol. The Kier molecular flexibility index (Phi) is 4.88. The second-order valence-corrected chi connectivity index (χ2v) is 4.20. The molecule has 0 atom stereocenters. The van der Waals surface area contributed by atoms with E-state index in [1.165, 1.54) is 24.6 Å². The Hall–Kier alpha value is -2.88. The number of phenolic OH excluding ortho intramolecular Hbond substituents is 1. The molecule has 0 radical (unpaired) electrons. The van der Waals surface area contributed by atoms with Gasteiger partial charge in [0.1, 0.15) is 11.3 Å². The summed E-state index contributed by atoms with van der Waals surface area (Å²) in [5, 5.41) is 10.3. The normalized spacial score (nSPS) is 9.57. The highest BCUT2D eigenvalue weighted by molar-refractivity contribution is 5.92. The Morgan fingerprint density at radius 2 is 1.67 bits per heavy atom. The molecule has 3 aromatic rings. The van der Waals surface area contributed by atoms with Gasteiger partial charge in [-0.25, -0.2) is 4.79 Å². The van der Waals surface area contributed by atoms with Crippen molar-refractivity contribution >= 4 is 16.9 Å². The standard InChI is InChI=1S/C9H7N.C8H8O3/c1-2-6-9-8(4-1)5-3-7-10-9;1-11-8(10)6-4-2-3-5-7(6)9/h1-7H;2-5,9H,1H3. The summed E-state index contributed by atoms with van der Waals surface area (Å²) in [6, 6.07) is 18.3. The zero-order valence-corrected chi connectivity index (χ0v) is 11.6. The number of ether oxygens (including phenoxy) is 1. The maximum Gasteiger partial charge on any atom is 0.341 e. The first-order valence-corrected chi connectivity index (χ1v) is 6.38. The monoisotopic (exact) mass is 281 g/mol. The number of carbonyl (C=O) groups is 1. The number of aromatic hydroxyl groups is 1. The molecule has 1 N–H and O–H groups in total. The summed E-state index contributed by atoms with van der Waals surface area (Å²) in [6.07, 6.45) is 1.81. The zero-order valence-electron chi connectivity index (χ0n) is 11.6. The summed E-state index contributed by atoms with van der Waals surface area (Å²) < 4.78 is 4.42. The van der Waals surface area contributed by atoms with E-state index in [1.807, 2.05) is 30.5 Å². The Morgan fingerprint density at radius 3 is 2.38 bits per heavy atom. The van der Waals surface area contributed by atoms with Crippen molar-refractivity contribution in [2.75, 3.05) is 7.11 Å². The predicted octanol–water partition coefficient (Wildman–Crippen LogP) is 3.41. The maximum absolute atomic E-state index is 10.9. The molecule has 2 aromatic carbocycles. The fraction of sp³-hybridized carbons (Fsp3) is 0.0588. The summed E-state index contributed by atoms with van der Waals surface area (Å²) in [5.74, 6) is -0.581. The Balaban J connectivity index is 0.000000154. The molecule has 4 nitrogen and oxygen atoms in total. The molecule has 1 heterocycles. The molecular weight excluding hydrogens is 266 g/mol. The third kappa shape index (κ3) is 3.79. The first-order chi connectivity index (χ1) is 10.2. The van der Waals surface area contributed by atoms with Gasteiger partial charge in [-0.15, -0.1) is 0 Å². The van der Waals surface area contributed by atoms with E-state index in [-0.39, 0.29) is 11.3 Å². The number of benzene rings is 2. The summed E-state index contributed by atoms with van der Waals surface area (Å²) >= 11 is 0. The van der Waals surface area contributed by atoms with Crippen LogP contribution in [0.25, 0.3) is 10.9 Å². The van der Waals surface area contributed by atoms with Gasteiger partial charge in [0.05, 0.1) is 12.6 Å². The van der Waals surface area contributed by atoms with Gasteiger partial charge in [0.15, 0.2) is 0 Å². The van der Waals surface area contributed by atoms with Crippen LogP contribution in [-0.4, -0.2) is 23.2 Å². The number of aromatic nitrogens is 1. The highest BCUT2D eigenvalue weighted by Crippen LogP contribution is 2.15. The molecule has 106 valence electrons. The lowest BCUT2D eigenvalue weighted by Gasteiger charge is -1.99. The molecule has 0 aliphatic carbocycles. The number of rotatable bonds is 1. The van der Waals surface area contributed by atoms with Crippen molar-refractivity contribution in [1.82, 2.24) is 4.98 Å². The van der Waals surface area contributed by atoms with Gasteiger partial charge in [-0.05, 0) is 24.3 Å². The number of pyridine rings is 1. The molecule has 1 aromatic heterocycles. The molecule has 4 heteroatoms. The number of nitrogens with zero attached hydrogens (tertiary/aromatic N) is 1. The average Bonchev–Trinajstić information content (AvgIpc) is 2.55. The number of hydrogen-bond donors (Lipinski definition) is 1. The lowest BCUT2D eigenvalue weighted by Crippen LogP contribution is -2.00. The average molecular weight is 281 g/mol. The third-order valence-corrected chi connectivity index (χ3v) is 2.82. The smallest absolute Gasteiger partial charge is 0.341 e. The SMILES string of the molecule is COC(=O)c1ccccc1O.c1ccc2ncccc2c1. The lowest BCUT2D eigenvalue weighted by atomic mass is 10.2. The Morgan fingerprint density at radius 1 is 1.00 bits per heavy atom. The van der Waals surface area contributed by atoms with E-state index in [2.05, 4.69) is 21.9 Å². The molecule has 0 fully saturated rings. The fourth-order valence-electron chi connectivity index (χ4n) is 1.77. The summed E-state index contributed by atoms with van der Waals surface area (Å²) in [6.45, 7) is 0. The number of esters is 1. The molecule has 21 heavy (non-hydrogen) atoms. The number of hydrogen-bond acceptors (Lipinski definition) is 4. The quantitative estimate of drug-likeness (QED) is 0.694. The van der Waals surface area contributed by atoms with Crippen LogP contribution in [0.5, 0.6) is 5.75 Å². The van der Waals surface area contributed by atoms with Gasteiger partial charge in [-0.3, -0.25) is 4.98 Å². The Bertz CT molecular complexity index is 675. The van der Waals surface area contributed by atoms with Crippen molar-refractivity contribution in [3.63, 3.8) is 0 Å². The van der Waals surface area contributed by atoms with Gasteiger partial charge in [-0.1, -0.05) is 36.4 Å². The highest BCUT2D eigenvalue weighted by Gasteiger charge is 2.08. The molecule has 0 unspecified atom stereocenters. The first kappa shape index (κ1) is 14.5. The second-order valence-electron chi connectivity index (χ2n) is 4.20. The van der Waals surface area contributed by atoms with E-state index >= 15 is 0 Å². The topological polar surface area (TPSA) is 59.4 Å². The molecule has 0 spiro atoms. The van der Waals surface area contributed by atoms with E-state index in [0.29, 0.717) is 0 Å². The van der Waals surface area contributed by atoms with Crippen LogP contribution in [0.4, 0.5) is 0 Å². The minimum Gasteiger partial charge on any atom is -0.507 e. The van der Waals surface area contributed by atoms with Crippen LogP contribution in [-0.2, 0) is 4.74 Å². The second kappa shape index (κ2) is 7.05. The minimum absolute atomic E-state index is 0.0562. The molecule has 0 saturated heterocycles. The van der Waals surface area contributed by atoms with Crippen LogP contribution in [0.15, 0.2) is 66.9 Å².